The van der Waals surface area contributed by atoms with Gasteiger partial charge in [0.1, 0.15) is 5.56 Å². The van der Waals surface area contributed by atoms with Crippen LogP contribution in [0.15, 0.2) is 51.9 Å². The Hall–Kier alpha value is -3.08. The number of nitrogens with zero attached hydrogens (tertiary/aromatic N) is 1. The minimum absolute atomic E-state index is 0.173. The molecule has 24 heavy (non-hydrogen) atoms. The summed E-state index contributed by atoms with van der Waals surface area (Å²) in [4.78, 5) is 16.3. The zero-order chi connectivity index (χ0) is 17.3. The van der Waals surface area contributed by atoms with Crippen LogP contribution < -0.4 is 16.0 Å². The lowest BCUT2D eigenvalue weighted by molar-refractivity contribution is 0.0996. The zero-order valence-electron chi connectivity index (χ0n) is 13.8. The Bertz CT molecular complexity index is 1000. The van der Waals surface area contributed by atoms with E-state index in [4.69, 9.17) is 14.9 Å². The summed E-state index contributed by atoms with van der Waals surface area (Å²) in [6.45, 7) is 3.97. The average molecular weight is 322 g/mol. The number of carbonyl (C=O) groups is 1. The fourth-order valence-corrected chi connectivity index (χ4v) is 2.59. The van der Waals surface area contributed by atoms with Crippen molar-refractivity contribution in [1.29, 1.82) is 0 Å². The van der Waals surface area contributed by atoms with E-state index >= 15 is 0 Å². The van der Waals surface area contributed by atoms with Crippen LogP contribution in [0, 0.1) is 13.8 Å². The second-order valence-electron chi connectivity index (χ2n) is 5.61. The monoisotopic (exact) mass is 322 g/mol. The molecule has 122 valence electrons. The van der Waals surface area contributed by atoms with Crippen LogP contribution in [0.1, 0.15) is 21.5 Å². The highest BCUT2D eigenvalue weighted by molar-refractivity contribution is 5.96. The first kappa shape index (κ1) is 15.8. The molecule has 0 saturated carbocycles. The van der Waals surface area contributed by atoms with Gasteiger partial charge in [-0.1, -0.05) is 29.8 Å². The predicted octanol–water partition coefficient (Wildman–Crippen LogP) is 3.39. The van der Waals surface area contributed by atoms with Gasteiger partial charge in [0.15, 0.2) is 11.3 Å². The standard InChI is InChI=1S/C19H18N2O3/c1-11-7-8-15(12(2)9-11)21-19-14(18(20)22)10-13-5-4-6-16(23-3)17(13)24-19/h4-10H,1-3H3,(H2,20,22). The number of rotatable bonds is 3. The number of fused-ring (bicyclic) bond motifs is 1. The highest BCUT2D eigenvalue weighted by Crippen LogP contribution is 2.25. The van der Waals surface area contributed by atoms with Gasteiger partial charge < -0.3 is 14.9 Å². The van der Waals surface area contributed by atoms with Crippen molar-refractivity contribution in [3.63, 3.8) is 0 Å². The first-order chi connectivity index (χ1) is 11.5. The minimum Gasteiger partial charge on any atom is -0.493 e. The molecule has 3 rings (SSSR count). The summed E-state index contributed by atoms with van der Waals surface area (Å²) in [5.41, 5.74) is 9.28. The van der Waals surface area contributed by atoms with Crippen molar-refractivity contribution < 1.29 is 13.9 Å². The van der Waals surface area contributed by atoms with Crippen molar-refractivity contribution in [3.05, 3.63) is 64.7 Å². The van der Waals surface area contributed by atoms with Gasteiger partial charge in [-0.2, -0.15) is 0 Å². The molecule has 1 aromatic heterocycles. The molecule has 1 amide bonds. The third-order valence-corrected chi connectivity index (χ3v) is 3.80. The Morgan fingerprint density at radius 1 is 1.17 bits per heavy atom. The smallest absolute Gasteiger partial charge is 0.254 e. The average Bonchev–Trinajstić information content (AvgIpc) is 2.56. The van der Waals surface area contributed by atoms with Gasteiger partial charge in [0.25, 0.3) is 5.91 Å². The summed E-state index contributed by atoms with van der Waals surface area (Å²) in [5, 5.41) is 0.725. The number of hydrogen-bond donors (Lipinski definition) is 1. The molecule has 2 N–H and O–H groups in total. The van der Waals surface area contributed by atoms with E-state index in [2.05, 4.69) is 4.99 Å². The van der Waals surface area contributed by atoms with E-state index in [1.165, 1.54) is 0 Å². The molecular formula is C19H18N2O3. The Kier molecular flexibility index (Phi) is 4.08. The lowest BCUT2D eigenvalue weighted by Gasteiger charge is -2.07. The van der Waals surface area contributed by atoms with Crippen molar-refractivity contribution in [3.8, 4) is 5.75 Å². The van der Waals surface area contributed by atoms with Crippen molar-refractivity contribution in [2.24, 2.45) is 10.7 Å². The molecule has 0 aliphatic carbocycles. The largest absolute Gasteiger partial charge is 0.493 e. The number of carbonyl (C=O) groups excluding carboxylic acids is 1. The first-order valence-electron chi connectivity index (χ1n) is 7.52. The van der Waals surface area contributed by atoms with Gasteiger partial charge in [-0.25, -0.2) is 4.99 Å². The number of ether oxygens (including phenoxy) is 1. The maximum Gasteiger partial charge on any atom is 0.254 e. The number of aryl methyl sites for hydroxylation is 2. The van der Waals surface area contributed by atoms with Gasteiger partial charge in [0.05, 0.1) is 12.8 Å². The number of benzene rings is 2. The molecule has 2 aromatic carbocycles. The predicted molar refractivity (Wildman–Crippen MR) is 92.4 cm³/mol. The van der Waals surface area contributed by atoms with Gasteiger partial charge in [-0.05, 0) is 37.6 Å². The summed E-state index contributed by atoms with van der Waals surface area (Å²) in [5.74, 6) is -0.0208. The molecule has 5 nitrogen and oxygen atoms in total. The number of nitrogens with two attached hydrogens (primary N) is 1. The van der Waals surface area contributed by atoms with Gasteiger partial charge in [0, 0.05) is 5.39 Å². The van der Waals surface area contributed by atoms with Crippen LogP contribution in [0.25, 0.3) is 11.0 Å². The number of primary amides is 1. The van der Waals surface area contributed by atoms with E-state index in [-0.39, 0.29) is 11.1 Å². The van der Waals surface area contributed by atoms with E-state index in [9.17, 15) is 4.79 Å². The maximum absolute atomic E-state index is 11.8. The lowest BCUT2D eigenvalue weighted by Crippen LogP contribution is -2.21. The highest BCUT2D eigenvalue weighted by atomic mass is 16.5. The van der Waals surface area contributed by atoms with Gasteiger partial charge in [0.2, 0.25) is 5.55 Å². The second-order valence-corrected chi connectivity index (χ2v) is 5.61. The van der Waals surface area contributed by atoms with E-state index in [1.54, 1.807) is 19.2 Å². The van der Waals surface area contributed by atoms with Crippen LogP contribution in [0.5, 0.6) is 5.75 Å². The number of methoxy groups -OCH3 is 1. The lowest BCUT2D eigenvalue weighted by atomic mass is 10.1. The van der Waals surface area contributed by atoms with Crippen molar-refractivity contribution >= 4 is 22.6 Å². The quantitative estimate of drug-likeness (QED) is 0.803. The number of amides is 1. The fourth-order valence-electron chi connectivity index (χ4n) is 2.59. The summed E-state index contributed by atoms with van der Waals surface area (Å²) in [6, 6.07) is 13.0. The molecule has 0 bridgehead atoms. The van der Waals surface area contributed by atoms with E-state index in [0.717, 1.165) is 22.2 Å². The van der Waals surface area contributed by atoms with Gasteiger partial charge >= 0.3 is 0 Å². The molecular weight excluding hydrogens is 304 g/mol. The molecule has 0 unspecified atom stereocenters. The molecule has 1 heterocycles. The number of hydrogen-bond acceptors (Lipinski definition) is 4. The molecule has 0 aliphatic rings. The van der Waals surface area contributed by atoms with Crippen molar-refractivity contribution in [2.75, 3.05) is 7.11 Å². The molecule has 0 saturated heterocycles. The van der Waals surface area contributed by atoms with E-state index < -0.39 is 5.91 Å². The Balaban J connectivity index is 2.34. The normalized spacial score (nSPS) is 11.7. The maximum atomic E-state index is 11.8. The number of para-hydroxylation sites is 1. The molecule has 0 aliphatic heterocycles. The molecule has 0 radical (unpaired) electrons. The third-order valence-electron chi connectivity index (χ3n) is 3.80. The Labute approximate surface area is 139 Å². The molecule has 3 aromatic rings. The minimum atomic E-state index is -0.591. The van der Waals surface area contributed by atoms with Crippen LogP contribution in [-0.2, 0) is 0 Å². The molecule has 0 atom stereocenters. The van der Waals surface area contributed by atoms with Crippen molar-refractivity contribution in [1.82, 2.24) is 0 Å². The fraction of sp³-hybridized carbons (Fsp3) is 0.158. The first-order valence-corrected chi connectivity index (χ1v) is 7.52. The summed E-state index contributed by atoms with van der Waals surface area (Å²) in [7, 11) is 1.56. The summed E-state index contributed by atoms with van der Waals surface area (Å²) < 4.78 is 11.2. The second kappa shape index (κ2) is 6.20. The van der Waals surface area contributed by atoms with E-state index in [1.807, 2.05) is 44.2 Å². The summed E-state index contributed by atoms with van der Waals surface area (Å²) in [6.07, 6.45) is 0. The van der Waals surface area contributed by atoms with Gasteiger partial charge in [-0.15, -0.1) is 0 Å². The van der Waals surface area contributed by atoms with Crippen molar-refractivity contribution in [2.45, 2.75) is 13.8 Å². The van der Waals surface area contributed by atoms with Crippen LogP contribution in [0.3, 0.4) is 0 Å². The van der Waals surface area contributed by atoms with Crippen LogP contribution in [-0.4, -0.2) is 13.0 Å². The SMILES string of the molecule is COc1cccc2cc(C(N)=O)c(=Nc3ccc(C)cc3C)oc12. The van der Waals surface area contributed by atoms with Crippen LogP contribution in [0.2, 0.25) is 0 Å². The van der Waals surface area contributed by atoms with Crippen LogP contribution in [0.4, 0.5) is 5.69 Å². The molecule has 0 spiro atoms. The molecule has 5 heteroatoms. The third kappa shape index (κ3) is 2.88. The van der Waals surface area contributed by atoms with E-state index in [0.29, 0.717) is 11.3 Å². The highest BCUT2D eigenvalue weighted by Gasteiger charge is 2.12. The molecule has 0 fully saturated rings. The Morgan fingerprint density at radius 2 is 1.96 bits per heavy atom. The van der Waals surface area contributed by atoms with Crippen LogP contribution >= 0.6 is 0 Å². The summed E-state index contributed by atoms with van der Waals surface area (Å²) >= 11 is 0. The topological polar surface area (TPSA) is 77.8 Å². The van der Waals surface area contributed by atoms with Gasteiger partial charge in [-0.3, -0.25) is 4.79 Å². The zero-order valence-corrected chi connectivity index (χ0v) is 13.8. The Morgan fingerprint density at radius 3 is 2.62 bits per heavy atom.